The lowest BCUT2D eigenvalue weighted by molar-refractivity contribution is -0.121. The molecule has 5 nitrogen and oxygen atoms in total. The van der Waals surface area contributed by atoms with Crippen LogP contribution in [-0.2, 0) is 11.2 Å². The van der Waals surface area contributed by atoms with Gasteiger partial charge < -0.3 is 10.1 Å². The zero-order valence-electron chi connectivity index (χ0n) is 13.8. The molecule has 5 heteroatoms. The molecular formula is C20H19N3O2. The lowest BCUT2D eigenvalue weighted by Crippen LogP contribution is -2.33. The number of fused-ring (bicyclic) bond motifs is 1. The average molecular weight is 333 g/mol. The van der Waals surface area contributed by atoms with E-state index in [1.165, 1.54) is 0 Å². The van der Waals surface area contributed by atoms with E-state index in [9.17, 15) is 4.79 Å². The molecule has 1 N–H and O–H groups in total. The molecule has 1 amide bonds. The number of benzene rings is 2. The van der Waals surface area contributed by atoms with Crippen LogP contribution in [0.4, 0.5) is 0 Å². The Balaban J connectivity index is 1.43. The second-order valence-electron chi connectivity index (χ2n) is 6.10. The minimum absolute atomic E-state index is 0.00150. The summed E-state index contributed by atoms with van der Waals surface area (Å²) in [4.78, 5) is 12.4. The Bertz CT molecular complexity index is 873. The summed E-state index contributed by atoms with van der Waals surface area (Å²) in [6.07, 6.45) is 4.73. The van der Waals surface area contributed by atoms with Crippen LogP contribution in [0.15, 0.2) is 67.0 Å². The first-order chi connectivity index (χ1) is 12.3. The molecule has 0 spiro atoms. The van der Waals surface area contributed by atoms with Crippen LogP contribution in [0, 0.1) is 0 Å². The van der Waals surface area contributed by atoms with Gasteiger partial charge in [0.2, 0.25) is 5.91 Å². The number of rotatable bonds is 4. The Morgan fingerprint density at radius 3 is 2.84 bits per heavy atom. The van der Waals surface area contributed by atoms with E-state index < -0.39 is 0 Å². The van der Waals surface area contributed by atoms with Gasteiger partial charge in [-0.15, -0.1) is 0 Å². The van der Waals surface area contributed by atoms with Crippen molar-refractivity contribution >= 4 is 5.91 Å². The highest BCUT2D eigenvalue weighted by molar-refractivity contribution is 5.79. The fraction of sp³-hybridized carbons (Fsp3) is 0.200. The summed E-state index contributed by atoms with van der Waals surface area (Å²) in [5.74, 6) is 0.852. The number of aromatic nitrogens is 2. The lowest BCUT2D eigenvalue weighted by atomic mass is 10.0. The number of ether oxygens (including phenoxy) is 1. The van der Waals surface area contributed by atoms with Gasteiger partial charge in [-0.05, 0) is 23.8 Å². The number of hydrogen-bond acceptors (Lipinski definition) is 3. The third-order valence-corrected chi connectivity index (χ3v) is 4.32. The van der Waals surface area contributed by atoms with Crippen LogP contribution in [-0.4, -0.2) is 22.3 Å². The molecular weight excluding hydrogens is 314 g/mol. The van der Waals surface area contributed by atoms with E-state index >= 15 is 0 Å². The summed E-state index contributed by atoms with van der Waals surface area (Å²) >= 11 is 0. The monoisotopic (exact) mass is 333 g/mol. The van der Waals surface area contributed by atoms with Crippen LogP contribution in [0.3, 0.4) is 0 Å². The Hall–Kier alpha value is -3.08. The van der Waals surface area contributed by atoms with Gasteiger partial charge in [0.15, 0.2) is 0 Å². The van der Waals surface area contributed by atoms with E-state index in [1.54, 1.807) is 10.9 Å². The molecule has 1 unspecified atom stereocenters. The minimum atomic E-state index is -0.00526. The molecule has 0 radical (unpaired) electrons. The lowest BCUT2D eigenvalue weighted by Gasteiger charge is -2.26. The molecule has 1 atom stereocenters. The predicted octanol–water partition coefficient (Wildman–Crippen LogP) is 3.05. The minimum Gasteiger partial charge on any atom is -0.493 e. The zero-order chi connectivity index (χ0) is 17.1. The molecule has 4 rings (SSSR count). The van der Waals surface area contributed by atoms with Gasteiger partial charge in [-0.1, -0.05) is 36.4 Å². The van der Waals surface area contributed by atoms with E-state index in [4.69, 9.17) is 4.74 Å². The summed E-state index contributed by atoms with van der Waals surface area (Å²) in [6, 6.07) is 17.7. The van der Waals surface area contributed by atoms with Crippen LogP contribution in [0.25, 0.3) is 5.69 Å². The predicted molar refractivity (Wildman–Crippen MR) is 94.7 cm³/mol. The third kappa shape index (κ3) is 3.40. The Morgan fingerprint density at radius 2 is 1.96 bits per heavy atom. The normalized spacial score (nSPS) is 15.9. The van der Waals surface area contributed by atoms with E-state index in [0.29, 0.717) is 13.0 Å². The zero-order valence-corrected chi connectivity index (χ0v) is 13.8. The van der Waals surface area contributed by atoms with Crippen LogP contribution in [0.2, 0.25) is 0 Å². The summed E-state index contributed by atoms with van der Waals surface area (Å²) in [7, 11) is 0. The number of carbonyl (C=O) groups is 1. The van der Waals surface area contributed by atoms with Crippen molar-refractivity contribution in [3.05, 3.63) is 78.1 Å². The SMILES string of the molecule is O=C(Cc1cnn(-c2ccccc2)c1)NC1CCOc2ccccc21. The fourth-order valence-corrected chi connectivity index (χ4v) is 3.10. The standard InChI is InChI=1S/C20H19N3O2/c24-20(22-18-10-11-25-19-9-5-4-8-17(18)19)12-15-13-21-23(14-15)16-6-2-1-3-7-16/h1-9,13-14,18H,10-12H2,(H,22,24). The Kier molecular flexibility index (Phi) is 4.21. The number of amides is 1. The average Bonchev–Trinajstić information content (AvgIpc) is 3.11. The summed E-state index contributed by atoms with van der Waals surface area (Å²) in [5, 5.41) is 7.46. The highest BCUT2D eigenvalue weighted by atomic mass is 16.5. The molecule has 1 aliphatic rings. The van der Waals surface area contributed by atoms with Gasteiger partial charge in [-0.2, -0.15) is 5.10 Å². The van der Waals surface area contributed by atoms with Crippen LogP contribution < -0.4 is 10.1 Å². The quantitative estimate of drug-likeness (QED) is 0.798. The second-order valence-corrected chi connectivity index (χ2v) is 6.10. The third-order valence-electron chi connectivity index (χ3n) is 4.32. The van der Waals surface area contributed by atoms with Gasteiger partial charge in [0.05, 0.1) is 31.0 Å². The van der Waals surface area contributed by atoms with Crippen molar-refractivity contribution in [1.82, 2.24) is 15.1 Å². The summed E-state index contributed by atoms with van der Waals surface area (Å²) in [6.45, 7) is 0.619. The van der Waals surface area contributed by atoms with Gasteiger partial charge in [-0.25, -0.2) is 4.68 Å². The van der Waals surface area contributed by atoms with Gasteiger partial charge in [0.1, 0.15) is 5.75 Å². The van der Waals surface area contributed by atoms with E-state index in [-0.39, 0.29) is 11.9 Å². The molecule has 1 aliphatic heterocycles. The van der Waals surface area contributed by atoms with Crippen molar-refractivity contribution < 1.29 is 9.53 Å². The molecule has 2 aromatic carbocycles. The summed E-state index contributed by atoms with van der Waals surface area (Å²) in [5.41, 5.74) is 2.91. The van der Waals surface area contributed by atoms with E-state index in [1.807, 2.05) is 60.8 Å². The first kappa shape index (κ1) is 15.4. The molecule has 3 aromatic rings. The molecule has 0 saturated carbocycles. The van der Waals surface area contributed by atoms with Crippen molar-refractivity contribution in [2.45, 2.75) is 18.9 Å². The number of para-hydroxylation sites is 2. The van der Waals surface area contributed by atoms with Crippen molar-refractivity contribution in [3.8, 4) is 11.4 Å². The second kappa shape index (κ2) is 6.81. The number of nitrogens with zero attached hydrogens (tertiary/aromatic N) is 2. The van der Waals surface area contributed by atoms with Crippen molar-refractivity contribution in [3.63, 3.8) is 0 Å². The number of carbonyl (C=O) groups excluding carboxylic acids is 1. The van der Waals surface area contributed by atoms with Crippen LogP contribution >= 0.6 is 0 Å². The van der Waals surface area contributed by atoms with Crippen molar-refractivity contribution in [2.75, 3.05) is 6.61 Å². The van der Waals surface area contributed by atoms with Gasteiger partial charge in [0, 0.05) is 18.2 Å². The largest absolute Gasteiger partial charge is 0.493 e. The van der Waals surface area contributed by atoms with Crippen LogP contribution in [0.5, 0.6) is 5.75 Å². The highest BCUT2D eigenvalue weighted by Crippen LogP contribution is 2.31. The van der Waals surface area contributed by atoms with Crippen molar-refractivity contribution in [2.24, 2.45) is 0 Å². The maximum atomic E-state index is 12.4. The van der Waals surface area contributed by atoms with E-state index in [2.05, 4.69) is 10.4 Å². The van der Waals surface area contributed by atoms with E-state index in [0.717, 1.165) is 29.0 Å². The number of hydrogen-bond donors (Lipinski definition) is 1. The summed E-state index contributed by atoms with van der Waals surface area (Å²) < 4.78 is 7.43. The van der Waals surface area contributed by atoms with Gasteiger partial charge in [-0.3, -0.25) is 4.79 Å². The molecule has 0 fully saturated rings. The first-order valence-electron chi connectivity index (χ1n) is 8.40. The highest BCUT2D eigenvalue weighted by Gasteiger charge is 2.22. The Labute approximate surface area is 146 Å². The van der Waals surface area contributed by atoms with Crippen molar-refractivity contribution in [1.29, 1.82) is 0 Å². The maximum Gasteiger partial charge on any atom is 0.225 e. The fourth-order valence-electron chi connectivity index (χ4n) is 3.10. The number of nitrogens with one attached hydrogen (secondary N) is 1. The molecule has 2 heterocycles. The van der Waals surface area contributed by atoms with Crippen LogP contribution in [0.1, 0.15) is 23.6 Å². The van der Waals surface area contributed by atoms with Gasteiger partial charge >= 0.3 is 0 Å². The van der Waals surface area contributed by atoms with Gasteiger partial charge in [0.25, 0.3) is 0 Å². The maximum absolute atomic E-state index is 12.4. The molecule has 0 aliphatic carbocycles. The Morgan fingerprint density at radius 1 is 1.16 bits per heavy atom. The first-order valence-corrected chi connectivity index (χ1v) is 8.40. The molecule has 0 bridgehead atoms. The smallest absolute Gasteiger partial charge is 0.225 e. The molecule has 0 saturated heterocycles. The molecule has 1 aromatic heterocycles. The molecule has 126 valence electrons. The topological polar surface area (TPSA) is 56.2 Å². The molecule has 25 heavy (non-hydrogen) atoms.